The summed E-state index contributed by atoms with van der Waals surface area (Å²) in [5.41, 5.74) is -2.86. The quantitative estimate of drug-likeness (QED) is 0.379. The highest BCUT2D eigenvalue weighted by atomic mass is 32.2. The topological polar surface area (TPSA) is 77.0 Å². The summed E-state index contributed by atoms with van der Waals surface area (Å²) >= 11 is 0. The number of nitrogens with one attached hydrogen (secondary N) is 2. The molecule has 0 atom stereocenters. The van der Waals surface area contributed by atoms with E-state index < -0.39 is 15.5 Å². The summed E-state index contributed by atoms with van der Waals surface area (Å²) in [5.74, 6) is 0.565. The summed E-state index contributed by atoms with van der Waals surface area (Å²) in [5, 5.41) is 6.37. The molecule has 1 aliphatic rings. The second-order valence-electron chi connectivity index (χ2n) is 7.43. The molecule has 7 nitrogen and oxygen atoms in total. The lowest BCUT2D eigenvalue weighted by Gasteiger charge is -2.32. The fraction of sp³-hybridized carbons (Fsp3) is 0.632. The van der Waals surface area contributed by atoms with Crippen LogP contribution in [-0.2, 0) is 16.4 Å². The maximum atomic E-state index is 12.7. The number of piperidine rings is 1. The van der Waals surface area contributed by atoms with Crippen molar-refractivity contribution in [2.75, 3.05) is 45.7 Å². The van der Waals surface area contributed by atoms with Gasteiger partial charge in [0.05, 0.1) is 0 Å². The van der Waals surface area contributed by atoms with Gasteiger partial charge in [0.1, 0.15) is 0 Å². The third kappa shape index (κ3) is 6.49. The average Bonchev–Trinajstić information content (AvgIpc) is 2.70. The van der Waals surface area contributed by atoms with Crippen molar-refractivity contribution < 1.29 is 21.6 Å². The minimum absolute atomic E-state index is 0.130. The molecular formula is C19H30F3N5O2S. The molecule has 1 aromatic carbocycles. The van der Waals surface area contributed by atoms with Crippen molar-refractivity contribution in [1.82, 2.24) is 14.9 Å². The number of guanidine groups is 1. The Bertz CT molecular complexity index is 802. The van der Waals surface area contributed by atoms with Crippen LogP contribution in [0.25, 0.3) is 0 Å². The van der Waals surface area contributed by atoms with Crippen molar-refractivity contribution in [1.29, 1.82) is 0 Å². The zero-order valence-corrected chi connectivity index (χ0v) is 18.4. The number of halogens is 3. The van der Waals surface area contributed by atoms with E-state index >= 15 is 0 Å². The summed E-state index contributed by atoms with van der Waals surface area (Å²) in [7, 11) is 0.365. The number of hydrogen-bond acceptors (Lipinski definition) is 4. The average molecular weight is 450 g/mol. The Labute approximate surface area is 176 Å². The molecule has 0 aliphatic carbocycles. The zero-order valence-electron chi connectivity index (χ0n) is 17.5. The molecule has 0 bridgehead atoms. The molecule has 0 radical (unpaired) electrons. The van der Waals surface area contributed by atoms with Crippen LogP contribution in [0.2, 0.25) is 0 Å². The number of benzene rings is 1. The van der Waals surface area contributed by atoms with Gasteiger partial charge in [-0.15, -0.1) is 0 Å². The molecule has 30 heavy (non-hydrogen) atoms. The van der Waals surface area contributed by atoms with E-state index in [-0.39, 0.29) is 32.0 Å². The van der Waals surface area contributed by atoms with E-state index in [9.17, 15) is 21.6 Å². The van der Waals surface area contributed by atoms with Crippen molar-refractivity contribution in [2.24, 2.45) is 4.99 Å². The highest BCUT2D eigenvalue weighted by Crippen LogP contribution is 2.28. The zero-order chi connectivity index (χ0) is 22.4. The van der Waals surface area contributed by atoms with Gasteiger partial charge in [-0.3, -0.25) is 4.99 Å². The first-order chi connectivity index (χ1) is 14.0. The van der Waals surface area contributed by atoms with Crippen LogP contribution < -0.4 is 15.5 Å². The first-order valence-electron chi connectivity index (χ1n) is 9.84. The van der Waals surface area contributed by atoms with E-state index in [2.05, 4.69) is 39.9 Å². The van der Waals surface area contributed by atoms with Crippen LogP contribution in [-0.4, -0.2) is 71.0 Å². The van der Waals surface area contributed by atoms with Crippen LogP contribution in [0.15, 0.2) is 29.3 Å². The Balaban J connectivity index is 1.73. The van der Waals surface area contributed by atoms with Gasteiger partial charge in [0, 0.05) is 52.5 Å². The van der Waals surface area contributed by atoms with Crippen molar-refractivity contribution in [3.63, 3.8) is 0 Å². The van der Waals surface area contributed by atoms with E-state index in [0.717, 1.165) is 18.5 Å². The van der Waals surface area contributed by atoms with Crippen LogP contribution in [0.4, 0.5) is 18.9 Å². The van der Waals surface area contributed by atoms with Gasteiger partial charge in [-0.05, 0) is 43.4 Å². The maximum absolute atomic E-state index is 12.7. The number of anilines is 1. The van der Waals surface area contributed by atoms with Gasteiger partial charge in [0.2, 0.25) is 0 Å². The largest absolute Gasteiger partial charge is 0.511 e. The molecule has 0 unspecified atom stereocenters. The van der Waals surface area contributed by atoms with Crippen LogP contribution >= 0.6 is 0 Å². The maximum Gasteiger partial charge on any atom is 0.511 e. The fourth-order valence-electron chi connectivity index (χ4n) is 3.23. The highest BCUT2D eigenvalue weighted by molar-refractivity contribution is 7.90. The first-order valence-corrected chi connectivity index (χ1v) is 11.3. The smallest absolute Gasteiger partial charge is 0.378 e. The predicted molar refractivity (Wildman–Crippen MR) is 113 cm³/mol. The molecular weight excluding hydrogens is 419 g/mol. The summed E-state index contributed by atoms with van der Waals surface area (Å²) in [6, 6.07) is 8.23. The molecule has 11 heteroatoms. The summed E-state index contributed by atoms with van der Waals surface area (Å²) < 4.78 is 61.4. The van der Waals surface area contributed by atoms with E-state index in [0.29, 0.717) is 16.8 Å². The number of aliphatic imine (C=N–C) groups is 1. The highest BCUT2D eigenvalue weighted by Gasteiger charge is 2.50. The number of nitrogens with zero attached hydrogens (tertiary/aromatic N) is 3. The molecule has 2 N–H and O–H groups in total. The number of hydrogen-bond donors (Lipinski definition) is 2. The lowest BCUT2D eigenvalue weighted by molar-refractivity contribution is -0.0494. The number of aryl methyl sites for hydroxylation is 1. The van der Waals surface area contributed by atoms with Crippen molar-refractivity contribution in [3.05, 3.63) is 29.8 Å². The van der Waals surface area contributed by atoms with Crippen LogP contribution in [0.1, 0.15) is 24.8 Å². The lowest BCUT2D eigenvalue weighted by Crippen LogP contribution is -2.51. The number of rotatable bonds is 7. The molecule has 1 aromatic rings. The summed E-state index contributed by atoms with van der Waals surface area (Å²) in [4.78, 5) is 6.19. The number of alkyl halides is 3. The van der Waals surface area contributed by atoms with Crippen LogP contribution in [0, 0.1) is 0 Å². The van der Waals surface area contributed by atoms with Crippen LogP contribution in [0.5, 0.6) is 0 Å². The van der Waals surface area contributed by atoms with Gasteiger partial charge in [-0.1, -0.05) is 12.1 Å². The normalized spacial score (nSPS) is 17.1. The fourth-order valence-corrected chi connectivity index (χ4v) is 4.22. The molecule has 0 saturated carbocycles. The molecule has 1 saturated heterocycles. The minimum atomic E-state index is -5.25. The molecule has 170 valence electrons. The third-order valence-electron chi connectivity index (χ3n) is 5.04. The SMILES string of the molecule is CN=C(NCCCc1ccc(N(C)C)cc1)NC1CCN(S(=O)(=O)C(F)(F)F)CC1. The molecule has 1 fully saturated rings. The standard InChI is InChI=1S/C19H30F3N5O2S/c1-23-18(24-12-4-5-15-6-8-17(9-7-15)26(2)3)25-16-10-13-27(14-11-16)30(28,29)19(20,21)22/h6-9,16H,4-5,10-14H2,1-3H3,(H2,23,24,25). The van der Waals surface area contributed by atoms with Crippen molar-refractivity contribution in [2.45, 2.75) is 37.2 Å². The molecule has 2 rings (SSSR count). The monoisotopic (exact) mass is 449 g/mol. The van der Waals surface area contributed by atoms with Gasteiger partial charge in [0.25, 0.3) is 0 Å². The van der Waals surface area contributed by atoms with Gasteiger partial charge in [0.15, 0.2) is 5.96 Å². The molecule has 1 heterocycles. The van der Waals surface area contributed by atoms with E-state index in [1.807, 2.05) is 19.0 Å². The molecule has 1 aliphatic heterocycles. The van der Waals surface area contributed by atoms with Crippen molar-refractivity contribution >= 4 is 21.7 Å². The Morgan fingerprint density at radius 1 is 1.20 bits per heavy atom. The summed E-state index contributed by atoms with van der Waals surface area (Å²) in [6.07, 6.45) is 2.37. The third-order valence-corrected chi connectivity index (χ3v) is 6.67. The Morgan fingerprint density at radius 2 is 1.80 bits per heavy atom. The van der Waals surface area contributed by atoms with E-state index in [4.69, 9.17) is 0 Å². The minimum Gasteiger partial charge on any atom is -0.378 e. The van der Waals surface area contributed by atoms with Gasteiger partial charge < -0.3 is 15.5 Å². The predicted octanol–water partition coefficient (Wildman–Crippen LogP) is 2.16. The van der Waals surface area contributed by atoms with E-state index in [1.165, 1.54) is 5.56 Å². The Hall–Kier alpha value is -2.01. The second-order valence-corrected chi connectivity index (χ2v) is 9.36. The van der Waals surface area contributed by atoms with E-state index in [1.54, 1.807) is 7.05 Å². The first kappa shape index (κ1) is 24.3. The lowest BCUT2D eigenvalue weighted by atomic mass is 10.1. The Kier molecular flexibility index (Phi) is 8.36. The molecule has 0 amide bonds. The molecule has 0 aromatic heterocycles. The van der Waals surface area contributed by atoms with Gasteiger partial charge >= 0.3 is 15.5 Å². The summed E-state index contributed by atoms with van der Waals surface area (Å²) in [6.45, 7) is 0.356. The van der Waals surface area contributed by atoms with Crippen LogP contribution in [0.3, 0.4) is 0 Å². The Morgan fingerprint density at radius 3 is 2.30 bits per heavy atom. The second kappa shape index (κ2) is 10.3. The van der Waals surface area contributed by atoms with Gasteiger partial charge in [-0.25, -0.2) is 8.42 Å². The molecule has 0 spiro atoms. The number of sulfonamides is 1. The van der Waals surface area contributed by atoms with Gasteiger partial charge in [-0.2, -0.15) is 17.5 Å². The van der Waals surface area contributed by atoms with Crippen molar-refractivity contribution in [3.8, 4) is 0 Å².